The summed E-state index contributed by atoms with van der Waals surface area (Å²) in [6, 6.07) is -1.04. The zero-order valence-corrected chi connectivity index (χ0v) is 56.7. The smallest absolute Gasteiger partial charge is 0.220 e. The molecule has 0 aromatic rings. The third kappa shape index (κ3) is 36.2. The summed E-state index contributed by atoms with van der Waals surface area (Å²) in [5, 5.41) is 120. The van der Waals surface area contributed by atoms with Crippen molar-refractivity contribution in [2.75, 3.05) is 26.4 Å². The molecule has 12 N–H and O–H groups in total. The van der Waals surface area contributed by atoms with E-state index in [9.17, 15) is 61.0 Å². The lowest BCUT2D eigenvalue weighted by molar-refractivity contribution is -0.379. The van der Waals surface area contributed by atoms with Crippen molar-refractivity contribution in [2.45, 2.75) is 336 Å². The van der Waals surface area contributed by atoms with Crippen LogP contribution < -0.4 is 5.32 Å². The first-order chi connectivity index (χ1) is 45.3. The Morgan fingerprint density at radius 3 is 1.19 bits per heavy atom. The summed E-state index contributed by atoms with van der Waals surface area (Å²) in [6.45, 7) is 1.55. The number of carbonyl (C=O) groups is 1. The summed E-state index contributed by atoms with van der Waals surface area (Å²) in [7, 11) is 0. The van der Waals surface area contributed by atoms with Gasteiger partial charge in [-0.3, -0.25) is 4.79 Å². The molecule has 3 aliphatic heterocycles. The number of carbonyl (C=O) groups excluding carboxylic acids is 1. The van der Waals surface area contributed by atoms with Crippen molar-refractivity contribution in [2.24, 2.45) is 0 Å². The average Bonchev–Trinajstić information content (AvgIpc) is 0.985. The molecule has 19 heteroatoms. The average molecular weight is 1320 g/mol. The Morgan fingerprint density at radius 2 is 0.753 bits per heavy atom. The van der Waals surface area contributed by atoms with Gasteiger partial charge in [0.15, 0.2) is 18.9 Å². The quantitative estimate of drug-likeness (QED) is 0.0199. The van der Waals surface area contributed by atoms with Gasteiger partial charge >= 0.3 is 0 Å². The molecule has 0 radical (unpaired) electrons. The van der Waals surface area contributed by atoms with Crippen LogP contribution in [-0.4, -0.2) is 193 Å². The van der Waals surface area contributed by atoms with Crippen molar-refractivity contribution in [1.82, 2.24) is 5.32 Å². The van der Waals surface area contributed by atoms with Crippen LogP contribution in [0.2, 0.25) is 0 Å². The second kappa shape index (κ2) is 54.7. The number of allylic oxidation sites excluding steroid dienone is 15. The number of aliphatic hydroxyl groups excluding tert-OH is 11. The minimum atomic E-state index is -1.99. The summed E-state index contributed by atoms with van der Waals surface area (Å²) < 4.78 is 34.3. The fraction of sp³-hybridized carbons (Fsp3) is 0.770. The standard InChI is InChI=1S/C74H127NO18/c1-3-5-7-9-11-13-15-17-19-21-23-24-25-26-27-28-29-30-31-32-34-35-37-39-41-43-45-47-49-51-58(79)57(75-62(80)52-50-48-46-44-42-40-38-36-33-22-20-18-16-14-12-10-8-6-4-2)56-88-72-68(86)65(83)70(60(54-77)90-72)93-74-69(87)66(84)71(61(55-78)91-74)92-73-67(85)64(82)63(81)59(53-76)89-73/h6,8,12,14,18,20,33,36,40-43,46,48-49,51,57-61,63-74,76-79,81-87H,3-5,7,9-11,13,15-17,19,21-32,34-35,37-39,44-45,47,50,52-56H2,1-2H3,(H,75,80)/b8-6-,14-12-,20-18-,36-33-,42-40-,43-41+,48-46-,51-49+. The summed E-state index contributed by atoms with van der Waals surface area (Å²) in [4.78, 5) is 13.4. The number of aliphatic hydroxyl groups is 11. The van der Waals surface area contributed by atoms with Crippen LogP contribution in [0.5, 0.6) is 0 Å². The van der Waals surface area contributed by atoms with E-state index in [-0.39, 0.29) is 12.3 Å². The van der Waals surface area contributed by atoms with Crippen LogP contribution in [0, 0.1) is 0 Å². The van der Waals surface area contributed by atoms with Gasteiger partial charge in [-0.2, -0.15) is 0 Å². The van der Waals surface area contributed by atoms with E-state index < -0.39 is 131 Å². The first-order valence-electron chi connectivity index (χ1n) is 36.0. The summed E-state index contributed by atoms with van der Waals surface area (Å²) >= 11 is 0. The van der Waals surface area contributed by atoms with Gasteiger partial charge in [-0.15, -0.1) is 0 Å². The molecule has 3 saturated heterocycles. The number of hydrogen-bond acceptors (Lipinski definition) is 18. The molecule has 17 atom stereocenters. The Bertz CT molecular complexity index is 2060. The number of hydrogen-bond donors (Lipinski definition) is 12. The van der Waals surface area contributed by atoms with Crippen molar-refractivity contribution >= 4 is 5.91 Å². The SMILES string of the molecule is CC/C=C\C/C=C\C/C=C\C/C=C\C/C=C\C/C=C\CCC(=O)NC(COC1OC(CO)C(OC2OC(CO)C(OC3OC(CO)C(O)C(O)C3O)C(O)C2O)C(O)C1O)C(O)/C=C/CC/C=C/CCCCCCCCCCCCCCCCCCCCCCCCC. The molecule has 0 bridgehead atoms. The van der Waals surface area contributed by atoms with Crippen LogP contribution in [0.3, 0.4) is 0 Å². The molecule has 19 nitrogen and oxygen atoms in total. The molecular formula is C74H127NO18. The maximum atomic E-state index is 13.4. The molecule has 93 heavy (non-hydrogen) atoms. The highest BCUT2D eigenvalue weighted by atomic mass is 16.8. The van der Waals surface area contributed by atoms with Gasteiger partial charge in [0.2, 0.25) is 5.91 Å². The second-order valence-corrected chi connectivity index (χ2v) is 25.3. The largest absolute Gasteiger partial charge is 0.394 e. The molecule has 0 saturated carbocycles. The minimum absolute atomic E-state index is 0.105. The lowest BCUT2D eigenvalue weighted by Gasteiger charge is -2.48. The Hall–Kier alpha value is -3.29. The van der Waals surface area contributed by atoms with Crippen LogP contribution in [-0.2, 0) is 33.2 Å². The van der Waals surface area contributed by atoms with E-state index in [1.807, 2.05) is 18.2 Å². The van der Waals surface area contributed by atoms with E-state index >= 15 is 0 Å². The summed E-state index contributed by atoms with van der Waals surface area (Å²) in [5.41, 5.74) is 0. The summed E-state index contributed by atoms with van der Waals surface area (Å²) in [5.74, 6) is -0.369. The van der Waals surface area contributed by atoms with Gasteiger partial charge in [-0.1, -0.05) is 252 Å². The van der Waals surface area contributed by atoms with Crippen LogP contribution in [0.1, 0.15) is 232 Å². The molecule has 3 heterocycles. The van der Waals surface area contributed by atoms with Crippen molar-refractivity contribution in [3.8, 4) is 0 Å². The predicted octanol–water partition coefficient (Wildman–Crippen LogP) is 10.0. The zero-order chi connectivity index (χ0) is 67.5. The Labute approximate surface area is 558 Å². The van der Waals surface area contributed by atoms with Gasteiger partial charge in [0.1, 0.15) is 73.2 Å². The first-order valence-corrected chi connectivity index (χ1v) is 36.0. The van der Waals surface area contributed by atoms with E-state index in [1.165, 1.54) is 141 Å². The van der Waals surface area contributed by atoms with Gasteiger partial charge in [0, 0.05) is 6.42 Å². The fourth-order valence-corrected chi connectivity index (χ4v) is 11.6. The maximum absolute atomic E-state index is 13.4. The number of nitrogens with one attached hydrogen (secondary N) is 1. The maximum Gasteiger partial charge on any atom is 0.220 e. The number of ether oxygens (including phenoxy) is 6. The highest BCUT2D eigenvalue weighted by Gasteiger charge is 2.53. The van der Waals surface area contributed by atoms with E-state index in [1.54, 1.807) is 6.08 Å². The summed E-state index contributed by atoms with van der Waals surface area (Å²) in [6.07, 6.45) is 45.6. The van der Waals surface area contributed by atoms with Crippen molar-refractivity contribution in [3.05, 3.63) is 97.2 Å². The molecule has 536 valence electrons. The second-order valence-electron chi connectivity index (χ2n) is 25.3. The minimum Gasteiger partial charge on any atom is -0.394 e. The molecule has 0 spiro atoms. The van der Waals surface area contributed by atoms with E-state index in [2.05, 4.69) is 92.1 Å². The van der Waals surface area contributed by atoms with Crippen LogP contribution >= 0.6 is 0 Å². The van der Waals surface area contributed by atoms with Crippen LogP contribution in [0.25, 0.3) is 0 Å². The Kier molecular flexibility index (Phi) is 49.4. The number of rotatable bonds is 54. The lowest BCUT2D eigenvalue weighted by Crippen LogP contribution is -2.66. The molecule has 3 rings (SSSR count). The van der Waals surface area contributed by atoms with Crippen LogP contribution in [0.4, 0.5) is 0 Å². The van der Waals surface area contributed by atoms with Gasteiger partial charge in [-0.05, 0) is 70.6 Å². The molecule has 1 amide bonds. The van der Waals surface area contributed by atoms with Gasteiger partial charge in [0.05, 0.1) is 38.6 Å². The van der Waals surface area contributed by atoms with Gasteiger partial charge < -0.3 is 89.9 Å². The molecule has 3 aliphatic rings. The molecule has 3 fully saturated rings. The van der Waals surface area contributed by atoms with Crippen molar-refractivity contribution in [1.29, 1.82) is 0 Å². The molecular weight excluding hydrogens is 1190 g/mol. The lowest BCUT2D eigenvalue weighted by atomic mass is 9.96. The highest BCUT2D eigenvalue weighted by molar-refractivity contribution is 5.76. The molecule has 17 unspecified atom stereocenters. The fourth-order valence-electron chi connectivity index (χ4n) is 11.6. The predicted molar refractivity (Wildman–Crippen MR) is 364 cm³/mol. The molecule has 0 aromatic carbocycles. The number of amides is 1. The molecule has 0 aliphatic carbocycles. The normalized spacial score (nSPS) is 28.1. The van der Waals surface area contributed by atoms with E-state index in [0.29, 0.717) is 19.3 Å². The van der Waals surface area contributed by atoms with E-state index in [4.69, 9.17) is 28.4 Å². The Morgan fingerprint density at radius 1 is 0.398 bits per heavy atom. The zero-order valence-electron chi connectivity index (χ0n) is 56.7. The van der Waals surface area contributed by atoms with Crippen molar-refractivity contribution in [3.63, 3.8) is 0 Å². The van der Waals surface area contributed by atoms with E-state index in [0.717, 1.165) is 51.4 Å². The van der Waals surface area contributed by atoms with Crippen LogP contribution in [0.15, 0.2) is 97.2 Å². The third-order valence-electron chi connectivity index (χ3n) is 17.4. The molecule has 0 aromatic heterocycles. The van der Waals surface area contributed by atoms with Gasteiger partial charge in [0.25, 0.3) is 0 Å². The van der Waals surface area contributed by atoms with Crippen molar-refractivity contribution < 1.29 is 89.4 Å². The number of unbranched alkanes of at least 4 members (excludes halogenated alkanes) is 24. The third-order valence-corrected chi connectivity index (χ3v) is 17.4. The topological polar surface area (TPSA) is 307 Å². The Balaban J connectivity index is 1.45. The first kappa shape index (κ1) is 83.9. The highest BCUT2D eigenvalue weighted by Crippen LogP contribution is 2.33. The monoisotopic (exact) mass is 1320 g/mol. The van der Waals surface area contributed by atoms with Gasteiger partial charge in [-0.25, -0.2) is 0 Å².